The van der Waals surface area contributed by atoms with Gasteiger partial charge in [0.05, 0.1) is 0 Å². The lowest BCUT2D eigenvalue weighted by molar-refractivity contribution is -0.0695. The van der Waals surface area contributed by atoms with Crippen molar-refractivity contribution in [3.8, 4) is 0 Å². The van der Waals surface area contributed by atoms with Gasteiger partial charge in [0, 0.05) is 13.8 Å². The lowest BCUT2D eigenvalue weighted by Crippen LogP contribution is -2.43. The van der Waals surface area contributed by atoms with Crippen LogP contribution in [-0.4, -0.2) is 23.5 Å². The molecular formula is C6H13BO2+. The fourth-order valence-corrected chi connectivity index (χ4v) is 0.590. The van der Waals surface area contributed by atoms with Gasteiger partial charge in [-0.1, -0.05) is 0 Å². The molecule has 1 heterocycles. The smallest absolute Gasteiger partial charge is 0.507 e. The second-order valence-electron chi connectivity index (χ2n) is 3.42. The van der Waals surface area contributed by atoms with Gasteiger partial charge in [0.1, 0.15) is 5.60 Å². The zero-order valence-electron chi connectivity index (χ0n) is 6.43. The van der Waals surface area contributed by atoms with Crippen LogP contribution >= 0.6 is 0 Å². The third-order valence-electron chi connectivity index (χ3n) is 2.20. The topological polar surface area (TPSA) is 22.0 Å². The van der Waals surface area contributed by atoms with E-state index < -0.39 is 0 Å². The van der Waals surface area contributed by atoms with Gasteiger partial charge in [-0.25, -0.2) is 0 Å². The Bertz CT molecular complexity index is 106. The molecule has 0 aromatic rings. The van der Waals surface area contributed by atoms with E-state index in [0.717, 1.165) is 0 Å². The van der Waals surface area contributed by atoms with Crippen molar-refractivity contribution in [1.29, 1.82) is 0 Å². The summed E-state index contributed by atoms with van der Waals surface area (Å²) in [5, 5.41) is 0. The van der Waals surface area contributed by atoms with E-state index in [2.05, 4.69) is 18.5 Å². The van der Waals surface area contributed by atoms with Crippen molar-refractivity contribution in [3.63, 3.8) is 0 Å². The molecule has 0 aromatic heterocycles. The largest absolute Gasteiger partial charge is 0.800 e. The Balaban J connectivity index is 2.75. The highest BCUT2D eigenvalue weighted by atomic mass is 16.7. The number of hydrogen-bond acceptors (Lipinski definition) is 1. The van der Waals surface area contributed by atoms with Crippen LogP contribution in [0.25, 0.3) is 0 Å². The molecule has 1 fully saturated rings. The van der Waals surface area contributed by atoms with Gasteiger partial charge >= 0.3 is 7.69 Å². The third-order valence-corrected chi connectivity index (χ3v) is 2.20. The molecule has 1 saturated heterocycles. The molecule has 0 unspecified atom stereocenters. The summed E-state index contributed by atoms with van der Waals surface area (Å²) >= 11 is 0. The minimum absolute atomic E-state index is 0.0625. The van der Waals surface area contributed by atoms with Crippen LogP contribution in [0, 0.1) is 0 Å². The maximum atomic E-state index is 5.26. The normalized spacial score (nSPS) is 29.8. The Morgan fingerprint density at radius 3 is 1.89 bits per heavy atom. The average molecular weight is 128 g/mol. The van der Waals surface area contributed by atoms with E-state index in [4.69, 9.17) is 4.65 Å². The molecule has 51 valence electrons. The van der Waals surface area contributed by atoms with E-state index >= 15 is 0 Å². The average Bonchev–Trinajstić information content (AvgIpc) is 1.81. The van der Waals surface area contributed by atoms with Crippen molar-refractivity contribution >= 4 is 7.69 Å². The van der Waals surface area contributed by atoms with Crippen molar-refractivity contribution < 1.29 is 9.31 Å². The SMILES string of the molecule is CC1(C)O[B][OH+]C1(C)C. The minimum atomic E-state index is -0.132. The minimum Gasteiger partial charge on any atom is -0.507 e. The van der Waals surface area contributed by atoms with E-state index in [1.165, 1.54) is 0 Å². The van der Waals surface area contributed by atoms with Gasteiger partial charge in [0.2, 0.25) is 0 Å². The maximum absolute atomic E-state index is 5.26. The standard InChI is InChI=1S/C6H13BO2/c1-5(2)6(3,4)9-7-8-5/h8H,1-4H3/q+1. The van der Waals surface area contributed by atoms with Crippen molar-refractivity contribution in [2.45, 2.75) is 38.9 Å². The zero-order chi connectivity index (χ0) is 7.12. The lowest BCUT2D eigenvalue weighted by atomic mass is 9.90. The van der Waals surface area contributed by atoms with Crippen LogP contribution < -0.4 is 0 Å². The summed E-state index contributed by atoms with van der Waals surface area (Å²) in [6, 6.07) is 0. The van der Waals surface area contributed by atoms with Crippen molar-refractivity contribution in [2.24, 2.45) is 0 Å². The van der Waals surface area contributed by atoms with Crippen LogP contribution in [0.1, 0.15) is 27.7 Å². The lowest BCUT2D eigenvalue weighted by Gasteiger charge is -2.28. The Morgan fingerprint density at radius 1 is 1.22 bits per heavy atom. The van der Waals surface area contributed by atoms with E-state index in [9.17, 15) is 0 Å². The molecule has 1 aliphatic rings. The first-order chi connectivity index (χ1) is 3.96. The summed E-state index contributed by atoms with van der Waals surface area (Å²) in [5.74, 6) is 0. The molecular weight excluding hydrogens is 115 g/mol. The van der Waals surface area contributed by atoms with Gasteiger partial charge in [-0.15, -0.1) is 0 Å². The van der Waals surface area contributed by atoms with E-state index in [1.807, 2.05) is 13.8 Å². The maximum Gasteiger partial charge on any atom is 0.800 e. The van der Waals surface area contributed by atoms with Crippen LogP contribution in [0.3, 0.4) is 0 Å². The molecule has 1 radical (unpaired) electrons. The molecule has 2 nitrogen and oxygen atoms in total. The quantitative estimate of drug-likeness (QED) is 0.346. The summed E-state index contributed by atoms with van der Waals surface area (Å²) in [7, 11) is 1.54. The van der Waals surface area contributed by atoms with Gasteiger partial charge in [0.25, 0.3) is 0 Å². The molecule has 3 heteroatoms. The van der Waals surface area contributed by atoms with Crippen molar-refractivity contribution in [1.82, 2.24) is 0 Å². The Labute approximate surface area is 56.8 Å². The molecule has 9 heavy (non-hydrogen) atoms. The molecule has 0 atom stereocenters. The Morgan fingerprint density at radius 2 is 1.78 bits per heavy atom. The third kappa shape index (κ3) is 0.991. The van der Waals surface area contributed by atoms with Crippen LogP contribution in [0.5, 0.6) is 0 Å². The monoisotopic (exact) mass is 128 g/mol. The predicted octanol–water partition coefficient (Wildman–Crippen LogP) is 0.636. The Hall–Kier alpha value is -0.0151. The molecule has 0 aromatic carbocycles. The molecule has 0 saturated carbocycles. The van der Waals surface area contributed by atoms with Gasteiger partial charge in [0.15, 0.2) is 5.60 Å². The first-order valence-corrected chi connectivity index (χ1v) is 3.17. The van der Waals surface area contributed by atoms with Crippen LogP contribution in [-0.2, 0) is 4.65 Å². The van der Waals surface area contributed by atoms with E-state index in [0.29, 0.717) is 0 Å². The summed E-state index contributed by atoms with van der Waals surface area (Å²) in [6.45, 7) is 8.22. The van der Waals surface area contributed by atoms with Gasteiger partial charge in [-0.05, 0) is 13.8 Å². The fraction of sp³-hybridized carbons (Fsp3) is 1.00. The first kappa shape index (κ1) is 7.10. The Kier molecular flexibility index (Phi) is 1.37. The van der Waals surface area contributed by atoms with Crippen LogP contribution in [0.2, 0.25) is 0 Å². The van der Waals surface area contributed by atoms with Crippen LogP contribution in [0.4, 0.5) is 0 Å². The number of rotatable bonds is 0. The molecule has 0 aliphatic carbocycles. The summed E-state index contributed by atoms with van der Waals surface area (Å²) < 4.78 is 9.44. The first-order valence-electron chi connectivity index (χ1n) is 3.17. The predicted molar refractivity (Wildman–Crippen MR) is 37.2 cm³/mol. The molecule has 1 aliphatic heterocycles. The summed E-state index contributed by atoms with van der Waals surface area (Å²) in [4.78, 5) is 0. The highest BCUT2D eigenvalue weighted by Crippen LogP contribution is 2.31. The van der Waals surface area contributed by atoms with Gasteiger partial charge in [-0.3, -0.25) is 0 Å². The highest BCUT2D eigenvalue weighted by Gasteiger charge is 2.51. The summed E-state index contributed by atoms with van der Waals surface area (Å²) in [6.07, 6.45) is 0. The number of aliphatic hydroxyl groups is 1. The van der Waals surface area contributed by atoms with Crippen molar-refractivity contribution in [2.75, 3.05) is 0 Å². The van der Waals surface area contributed by atoms with E-state index in [1.54, 1.807) is 7.69 Å². The zero-order valence-corrected chi connectivity index (χ0v) is 6.43. The summed E-state index contributed by atoms with van der Waals surface area (Å²) in [5.41, 5.74) is -0.194. The van der Waals surface area contributed by atoms with Crippen molar-refractivity contribution in [3.05, 3.63) is 0 Å². The second-order valence-corrected chi connectivity index (χ2v) is 3.42. The van der Waals surface area contributed by atoms with E-state index in [-0.39, 0.29) is 11.2 Å². The molecule has 0 spiro atoms. The molecule has 1 rings (SSSR count). The molecule has 1 N–H and O–H groups in total. The fourth-order valence-electron chi connectivity index (χ4n) is 0.590. The molecule has 0 amide bonds. The van der Waals surface area contributed by atoms with Gasteiger partial charge in [-0.2, -0.15) is 0 Å². The molecule has 0 bridgehead atoms. The van der Waals surface area contributed by atoms with Gasteiger partial charge < -0.3 is 9.31 Å². The number of hydrogen-bond donors (Lipinski definition) is 0. The highest BCUT2D eigenvalue weighted by molar-refractivity contribution is 6.18. The van der Waals surface area contributed by atoms with Crippen LogP contribution in [0.15, 0.2) is 0 Å². The second kappa shape index (κ2) is 1.73.